The van der Waals surface area contributed by atoms with Gasteiger partial charge in [-0.25, -0.2) is 4.79 Å². The minimum absolute atomic E-state index is 0.0994. The van der Waals surface area contributed by atoms with Crippen molar-refractivity contribution in [3.05, 3.63) is 71.3 Å². The van der Waals surface area contributed by atoms with Crippen LogP contribution < -0.4 is 5.32 Å². The highest BCUT2D eigenvalue weighted by atomic mass is 16.4. The fourth-order valence-corrected chi connectivity index (χ4v) is 4.33. The second kappa shape index (κ2) is 8.66. The van der Waals surface area contributed by atoms with Gasteiger partial charge in [-0.2, -0.15) is 0 Å². The minimum Gasteiger partial charge on any atom is -0.465 e. The highest BCUT2D eigenvalue weighted by Gasteiger charge is 2.35. The quantitative estimate of drug-likeness (QED) is 0.838. The van der Waals surface area contributed by atoms with Crippen LogP contribution in [0.15, 0.2) is 54.6 Å². The summed E-state index contributed by atoms with van der Waals surface area (Å²) in [7, 11) is 0. The molecule has 2 amide bonds. The van der Waals surface area contributed by atoms with Crippen LogP contribution in [0.2, 0.25) is 0 Å². The summed E-state index contributed by atoms with van der Waals surface area (Å²) >= 11 is 0. The molecule has 6 heteroatoms. The summed E-state index contributed by atoms with van der Waals surface area (Å²) in [6.45, 7) is 3.04. The van der Waals surface area contributed by atoms with Gasteiger partial charge >= 0.3 is 6.09 Å². The van der Waals surface area contributed by atoms with Gasteiger partial charge in [-0.3, -0.25) is 14.6 Å². The van der Waals surface area contributed by atoms with Crippen molar-refractivity contribution < 1.29 is 14.7 Å². The molecule has 0 bridgehead atoms. The maximum atomic E-state index is 12.9. The maximum Gasteiger partial charge on any atom is 0.408 e. The molecule has 0 radical (unpaired) electrons. The molecule has 1 unspecified atom stereocenters. The zero-order valence-electron chi connectivity index (χ0n) is 16.5. The van der Waals surface area contributed by atoms with Gasteiger partial charge in [0.25, 0.3) is 0 Å². The van der Waals surface area contributed by atoms with Gasteiger partial charge < -0.3 is 10.4 Å². The lowest BCUT2D eigenvalue weighted by atomic mass is 9.93. The molecule has 2 N–H and O–H groups in total. The Bertz CT molecular complexity index is 863. The Hall–Kier alpha value is -2.86. The van der Waals surface area contributed by atoms with Gasteiger partial charge in [0.15, 0.2) is 0 Å². The Morgan fingerprint density at radius 1 is 0.966 bits per heavy atom. The highest BCUT2D eigenvalue weighted by Crippen LogP contribution is 2.24. The van der Waals surface area contributed by atoms with Crippen molar-refractivity contribution in [2.45, 2.75) is 44.4 Å². The molecule has 2 aliphatic heterocycles. The number of carbonyl (C=O) groups excluding carboxylic acids is 1. The third kappa shape index (κ3) is 4.59. The van der Waals surface area contributed by atoms with E-state index in [9.17, 15) is 14.7 Å². The van der Waals surface area contributed by atoms with Crippen LogP contribution in [-0.2, 0) is 24.3 Å². The van der Waals surface area contributed by atoms with Crippen LogP contribution in [0, 0.1) is 0 Å². The third-order valence-corrected chi connectivity index (χ3v) is 5.98. The van der Waals surface area contributed by atoms with E-state index < -0.39 is 12.1 Å². The highest BCUT2D eigenvalue weighted by molar-refractivity contribution is 5.86. The number of likely N-dealkylation sites (tertiary alicyclic amines) is 1. The Morgan fingerprint density at radius 2 is 1.62 bits per heavy atom. The van der Waals surface area contributed by atoms with Crippen molar-refractivity contribution >= 4 is 12.0 Å². The molecule has 2 aliphatic rings. The van der Waals surface area contributed by atoms with Crippen molar-refractivity contribution in [2.75, 3.05) is 13.1 Å². The van der Waals surface area contributed by atoms with Crippen molar-refractivity contribution in [1.29, 1.82) is 0 Å². The molecule has 1 fully saturated rings. The topological polar surface area (TPSA) is 72.9 Å². The van der Waals surface area contributed by atoms with E-state index in [1.54, 1.807) is 0 Å². The summed E-state index contributed by atoms with van der Waals surface area (Å²) in [6.07, 6.45) is 1.16. The molecule has 152 valence electrons. The van der Waals surface area contributed by atoms with E-state index in [1.807, 2.05) is 30.3 Å². The summed E-state index contributed by atoms with van der Waals surface area (Å²) in [5.74, 6) is -0.177. The largest absolute Gasteiger partial charge is 0.465 e. The summed E-state index contributed by atoms with van der Waals surface area (Å²) < 4.78 is 0. The molecule has 4 rings (SSSR count). The number of carboxylic acid groups (broad SMARTS) is 1. The number of carbonyl (C=O) groups is 2. The molecule has 0 aromatic heterocycles. The van der Waals surface area contributed by atoms with Gasteiger partial charge in [-0.15, -0.1) is 0 Å². The molecular formula is C23H27N3O3. The molecule has 0 saturated carbocycles. The normalized spacial score (nSPS) is 20.1. The van der Waals surface area contributed by atoms with E-state index >= 15 is 0 Å². The molecule has 29 heavy (non-hydrogen) atoms. The molecule has 1 atom stereocenters. The zero-order valence-corrected chi connectivity index (χ0v) is 16.5. The molecular weight excluding hydrogens is 366 g/mol. The lowest BCUT2D eigenvalue weighted by Crippen LogP contribution is -2.55. The van der Waals surface area contributed by atoms with Crippen molar-refractivity contribution in [3.8, 4) is 0 Å². The Balaban J connectivity index is 1.34. The zero-order chi connectivity index (χ0) is 20.2. The van der Waals surface area contributed by atoms with Crippen LogP contribution >= 0.6 is 0 Å². The average Bonchev–Trinajstić information content (AvgIpc) is 2.75. The number of fused-ring (bicyclic) bond motifs is 1. The number of hydrogen-bond donors (Lipinski definition) is 2. The number of benzene rings is 2. The van der Waals surface area contributed by atoms with Crippen molar-refractivity contribution in [3.63, 3.8) is 0 Å². The Morgan fingerprint density at radius 3 is 2.31 bits per heavy atom. The standard InChI is InChI=1S/C23H27N3O3/c27-22(21-14-18-8-4-5-9-19(18)16-26(21)23(28)29)24-20-10-12-25(13-11-20)15-17-6-2-1-3-7-17/h1-9,20-21H,10-16H2,(H,24,27)(H,28,29). The lowest BCUT2D eigenvalue weighted by Gasteiger charge is -2.36. The summed E-state index contributed by atoms with van der Waals surface area (Å²) in [6, 6.07) is 17.6. The van der Waals surface area contributed by atoms with Crippen LogP contribution in [0.5, 0.6) is 0 Å². The van der Waals surface area contributed by atoms with Crippen LogP contribution in [0.1, 0.15) is 29.5 Å². The van der Waals surface area contributed by atoms with E-state index in [4.69, 9.17) is 0 Å². The first-order valence-electron chi connectivity index (χ1n) is 10.2. The van der Waals surface area contributed by atoms with E-state index in [0.717, 1.165) is 43.6 Å². The molecule has 2 aromatic rings. The molecule has 0 aliphatic carbocycles. The number of piperidine rings is 1. The number of amides is 2. The maximum absolute atomic E-state index is 12.9. The molecule has 2 aromatic carbocycles. The number of rotatable bonds is 4. The number of hydrogen-bond acceptors (Lipinski definition) is 3. The smallest absolute Gasteiger partial charge is 0.408 e. The summed E-state index contributed by atoms with van der Waals surface area (Å²) in [5.41, 5.74) is 3.34. The van der Waals surface area contributed by atoms with Crippen LogP contribution in [-0.4, -0.2) is 52.1 Å². The SMILES string of the molecule is O=C(NC1CCN(Cc2ccccc2)CC1)C1Cc2ccccc2CN1C(=O)O. The van der Waals surface area contributed by atoms with Gasteiger partial charge in [0.2, 0.25) is 5.91 Å². The van der Waals surface area contributed by atoms with Crippen LogP contribution in [0.25, 0.3) is 0 Å². The van der Waals surface area contributed by atoms with Crippen LogP contribution in [0.4, 0.5) is 4.79 Å². The number of nitrogens with one attached hydrogen (secondary N) is 1. The second-order valence-corrected chi connectivity index (χ2v) is 7.94. The Labute approximate surface area is 171 Å². The van der Waals surface area contributed by atoms with Crippen LogP contribution in [0.3, 0.4) is 0 Å². The van der Waals surface area contributed by atoms with Crippen molar-refractivity contribution in [1.82, 2.24) is 15.1 Å². The van der Waals surface area contributed by atoms with Crippen molar-refractivity contribution in [2.24, 2.45) is 0 Å². The van der Waals surface area contributed by atoms with Gasteiger partial charge in [0, 0.05) is 32.1 Å². The fraction of sp³-hybridized carbons (Fsp3) is 0.391. The van der Waals surface area contributed by atoms with E-state index in [0.29, 0.717) is 6.42 Å². The molecule has 1 saturated heterocycles. The van der Waals surface area contributed by atoms with Gasteiger partial charge in [0.1, 0.15) is 6.04 Å². The van der Waals surface area contributed by atoms with Gasteiger partial charge in [-0.05, 0) is 29.5 Å². The molecule has 0 spiro atoms. The van der Waals surface area contributed by atoms with E-state index in [-0.39, 0.29) is 18.5 Å². The first-order valence-corrected chi connectivity index (χ1v) is 10.2. The summed E-state index contributed by atoms with van der Waals surface area (Å²) in [4.78, 5) is 28.3. The fourth-order valence-electron chi connectivity index (χ4n) is 4.33. The first kappa shape index (κ1) is 19.5. The lowest BCUT2D eigenvalue weighted by molar-refractivity contribution is -0.127. The third-order valence-electron chi connectivity index (χ3n) is 5.98. The molecule has 2 heterocycles. The first-order chi connectivity index (χ1) is 14.1. The van der Waals surface area contributed by atoms with E-state index in [1.165, 1.54) is 10.5 Å². The average molecular weight is 393 g/mol. The second-order valence-electron chi connectivity index (χ2n) is 7.94. The van der Waals surface area contributed by atoms with Gasteiger partial charge in [-0.1, -0.05) is 54.6 Å². The minimum atomic E-state index is -1.04. The summed E-state index contributed by atoms with van der Waals surface area (Å²) in [5, 5.41) is 12.7. The Kier molecular flexibility index (Phi) is 5.81. The monoisotopic (exact) mass is 393 g/mol. The van der Waals surface area contributed by atoms with E-state index in [2.05, 4.69) is 34.5 Å². The molecule has 6 nitrogen and oxygen atoms in total. The predicted molar refractivity (Wildman–Crippen MR) is 110 cm³/mol. The predicted octanol–water partition coefficient (Wildman–Crippen LogP) is 2.87. The van der Waals surface area contributed by atoms with Gasteiger partial charge in [0.05, 0.1) is 6.54 Å². The number of nitrogens with zero attached hydrogens (tertiary/aromatic N) is 2.